The van der Waals surface area contributed by atoms with Crippen molar-refractivity contribution in [3.8, 4) is 17.1 Å². The van der Waals surface area contributed by atoms with E-state index in [2.05, 4.69) is 31.3 Å². The van der Waals surface area contributed by atoms with Crippen molar-refractivity contribution in [1.29, 1.82) is 0 Å². The highest BCUT2D eigenvalue weighted by Crippen LogP contribution is 2.26. The van der Waals surface area contributed by atoms with Crippen LogP contribution >= 0.6 is 39.1 Å². The van der Waals surface area contributed by atoms with Crippen molar-refractivity contribution in [3.05, 3.63) is 92.6 Å². The SMILES string of the molecule is Cc1ccc(Cl)cc1NC(=O)c1nc(-c2cccc(Cl)c2)n(-c2ccc(Br)cc2)n1. The van der Waals surface area contributed by atoms with Crippen LogP contribution in [0.25, 0.3) is 17.1 Å². The van der Waals surface area contributed by atoms with Gasteiger partial charge in [0.25, 0.3) is 5.91 Å². The lowest BCUT2D eigenvalue weighted by molar-refractivity contribution is 0.101. The Morgan fingerprint density at radius 3 is 2.47 bits per heavy atom. The number of anilines is 1. The summed E-state index contributed by atoms with van der Waals surface area (Å²) in [5, 5.41) is 8.40. The fourth-order valence-corrected chi connectivity index (χ4v) is 3.52. The largest absolute Gasteiger partial charge is 0.319 e. The molecule has 0 aliphatic rings. The maximum atomic E-state index is 12.9. The molecule has 150 valence electrons. The number of halogens is 3. The van der Waals surface area contributed by atoms with E-state index < -0.39 is 5.91 Å². The number of carbonyl (C=O) groups excluding carboxylic acids is 1. The molecule has 5 nitrogen and oxygen atoms in total. The first-order valence-electron chi connectivity index (χ1n) is 8.97. The third-order valence-corrected chi connectivity index (χ3v) is 5.41. The molecule has 30 heavy (non-hydrogen) atoms. The molecular weight excluding hydrogens is 487 g/mol. The number of hydrogen-bond acceptors (Lipinski definition) is 3. The lowest BCUT2D eigenvalue weighted by atomic mass is 10.2. The molecule has 3 aromatic carbocycles. The number of benzene rings is 3. The zero-order valence-electron chi connectivity index (χ0n) is 15.7. The van der Waals surface area contributed by atoms with Crippen molar-refractivity contribution in [1.82, 2.24) is 14.8 Å². The number of nitrogens with one attached hydrogen (secondary N) is 1. The topological polar surface area (TPSA) is 59.8 Å². The number of aromatic nitrogens is 3. The molecule has 0 aliphatic heterocycles. The zero-order valence-corrected chi connectivity index (χ0v) is 18.8. The van der Waals surface area contributed by atoms with Gasteiger partial charge in [-0.05, 0) is 61.0 Å². The van der Waals surface area contributed by atoms with Crippen molar-refractivity contribution >= 4 is 50.7 Å². The van der Waals surface area contributed by atoms with Crippen LogP contribution in [-0.2, 0) is 0 Å². The third kappa shape index (κ3) is 4.41. The summed E-state index contributed by atoms with van der Waals surface area (Å²) in [7, 11) is 0. The average molecular weight is 502 g/mol. The average Bonchev–Trinajstić information content (AvgIpc) is 3.17. The molecule has 0 saturated heterocycles. The number of hydrogen-bond donors (Lipinski definition) is 1. The molecule has 1 aromatic heterocycles. The molecule has 4 aromatic rings. The summed E-state index contributed by atoms with van der Waals surface area (Å²) in [5.41, 5.74) is 3.00. The lowest BCUT2D eigenvalue weighted by Crippen LogP contribution is -2.15. The van der Waals surface area contributed by atoms with Crippen molar-refractivity contribution in [2.24, 2.45) is 0 Å². The number of rotatable bonds is 4. The van der Waals surface area contributed by atoms with Gasteiger partial charge in [0.2, 0.25) is 5.82 Å². The molecule has 8 heteroatoms. The van der Waals surface area contributed by atoms with Crippen LogP contribution in [0, 0.1) is 6.92 Å². The van der Waals surface area contributed by atoms with Crippen LogP contribution in [0.1, 0.15) is 16.2 Å². The van der Waals surface area contributed by atoms with Crippen LogP contribution < -0.4 is 5.32 Å². The quantitative estimate of drug-likeness (QED) is 0.344. The summed E-state index contributed by atoms with van der Waals surface area (Å²) in [6.45, 7) is 1.89. The van der Waals surface area contributed by atoms with E-state index in [1.165, 1.54) is 0 Å². The van der Waals surface area contributed by atoms with Gasteiger partial charge in [-0.1, -0.05) is 57.3 Å². The predicted octanol–water partition coefficient (Wildman–Crippen LogP) is 6.56. The molecule has 0 saturated carbocycles. The van der Waals surface area contributed by atoms with Crippen LogP contribution in [0.2, 0.25) is 10.0 Å². The van der Waals surface area contributed by atoms with E-state index >= 15 is 0 Å². The Kier molecular flexibility index (Phi) is 5.90. The Balaban J connectivity index is 1.77. The van der Waals surface area contributed by atoms with Gasteiger partial charge in [0.15, 0.2) is 5.82 Å². The smallest absolute Gasteiger partial charge is 0.295 e. The molecule has 4 rings (SSSR count). The third-order valence-electron chi connectivity index (χ3n) is 4.41. The molecule has 1 N–H and O–H groups in total. The molecule has 0 spiro atoms. The van der Waals surface area contributed by atoms with Crippen molar-refractivity contribution in [2.45, 2.75) is 6.92 Å². The second-order valence-electron chi connectivity index (χ2n) is 6.57. The number of aryl methyl sites for hydroxylation is 1. The van der Waals surface area contributed by atoms with Crippen molar-refractivity contribution < 1.29 is 4.79 Å². The molecule has 0 fully saturated rings. The van der Waals surface area contributed by atoms with Gasteiger partial charge in [-0.25, -0.2) is 9.67 Å². The minimum Gasteiger partial charge on any atom is -0.319 e. The highest BCUT2D eigenvalue weighted by Gasteiger charge is 2.20. The van der Waals surface area contributed by atoms with Gasteiger partial charge < -0.3 is 5.32 Å². The van der Waals surface area contributed by atoms with Crippen LogP contribution in [0.4, 0.5) is 5.69 Å². The fourth-order valence-electron chi connectivity index (χ4n) is 2.89. The van der Waals surface area contributed by atoms with Gasteiger partial charge in [0, 0.05) is 25.8 Å². The summed E-state index contributed by atoms with van der Waals surface area (Å²) in [6, 6.07) is 20.1. The molecule has 1 amide bonds. The Bertz CT molecular complexity index is 1240. The van der Waals surface area contributed by atoms with Gasteiger partial charge >= 0.3 is 0 Å². The molecule has 0 atom stereocenters. The van der Waals surface area contributed by atoms with E-state index in [1.54, 1.807) is 28.9 Å². The molecule has 0 unspecified atom stereocenters. The first-order chi connectivity index (χ1) is 14.4. The predicted molar refractivity (Wildman–Crippen MR) is 124 cm³/mol. The van der Waals surface area contributed by atoms with E-state index in [9.17, 15) is 4.79 Å². The van der Waals surface area contributed by atoms with E-state index in [1.807, 2.05) is 49.4 Å². The van der Waals surface area contributed by atoms with Gasteiger partial charge in [0.05, 0.1) is 5.69 Å². The molecule has 0 aliphatic carbocycles. The standard InChI is InChI=1S/C22H15BrCl2N4O/c1-13-5-8-17(25)12-19(13)26-22(30)20-27-21(14-3-2-4-16(24)11-14)29(28-20)18-9-6-15(23)7-10-18/h2-12H,1H3,(H,26,30). The summed E-state index contributed by atoms with van der Waals surface area (Å²) in [5.74, 6) is 0.111. The Morgan fingerprint density at radius 1 is 1.00 bits per heavy atom. The van der Waals surface area contributed by atoms with Crippen LogP contribution in [-0.4, -0.2) is 20.7 Å². The first kappa shape index (κ1) is 20.6. The van der Waals surface area contributed by atoms with Gasteiger partial charge in [-0.2, -0.15) is 0 Å². The van der Waals surface area contributed by atoms with Crippen molar-refractivity contribution in [2.75, 3.05) is 5.32 Å². The monoisotopic (exact) mass is 500 g/mol. The molecule has 0 radical (unpaired) electrons. The summed E-state index contributed by atoms with van der Waals surface area (Å²) >= 11 is 15.7. The normalized spacial score (nSPS) is 10.8. The molecule has 1 heterocycles. The van der Waals surface area contributed by atoms with Gasteiger partial charge in [0.1, 0.15) is 0 Å². The van der Waals surface area contributed by atoms with Crippen molar-refractivity contribution in [3.63, 3.8) is 0 Å². The minimum atomic E-state index is -0.431. The highest BCUT2D eigenvalue weighted by atomic mass is 79.9. The first-order valence-corrected chi connectivity index (χ1v) is 10.5. The van der Waals surface area contributed by atoms with E-state index in [-0.39, 0.29) is 5.82 Å². The fraction of sp³-hybridized carbons (Fsp3) is 0.0455. The van der Waals surface area contributed by atoms with Crippen LogP contribution in [0.5, 0.6) is 0 Å². The maximum absolute atomic E-state index is 12.9. The second-order valence-corrected chi connectivity index (χ2v) is 8.36. The van der Waals surface area contributed by atoms with E-state index in [0.717, 1.165) is 21.3 Å². The summed E-state index contributed by atoms with van der Waals surface area (Å²) in [4.78, 5) is 17.4. The maximum Gasteiger partial charge on any atom is 0.295 e. The van der Waals surface area contributed by atoms with E-state index in [0.29, 0.717) is 21.6 Å². The van der Waals surface area contributed by atoms with Crippen LogP contribution in [0.15, 0.2) is 71.2 Å². The lowest BCUT2D eigenvalue weighted by Gasteiger charge is -2.07. The van der Waals surface area contributed by atoms with Crippen LogP contribution in [0.3, 0.4) is 0 Å². The Labute approximate surface area is 191 Å². The second kappa shape index (κ2) is 8.60. The summed E-state index contributed by atoms with van der Waals surface area (Å²) in [6.07, 6.45) is 0. The number of carbonyl (C=O) groups is 1. The molecular formula is C22H15BrCl2N4O. The number of nitrogens with zero attached hydrogens (tertiary/aromatic N) is 3. The zero-order chi connectivity index (χ0) is 21.3. The number of amides is 1. The molecule has 0 bridgehead atoms. The highest BCUT2D eigenvalue weighted by molar-refractivity contribution is 9.10. The van der Waals surface area contributed by atoms with E-state index in [4.69, 9.17) is 23.2 Å². The summed E-state index contributed by atoms with van der Waals surface area (Å²) < 4.78 is 2.56. The van der Waals surface area contributed by atoms with Gasteiger partial charge in [-0.3, -0.25) is 4.79 Å². The minimum absolute atomic E-state index is 0.0345. The van der Waals surface area contributed by atoms with Gasteiger partial charge in [-0.15, -0.1) is 5.10 Å². The Morgan fingerprint density at radius 2 is 1.73 bits per heavy atom. The Hall–Kier alpha value is -2.67.